The van der Waals surface area contributed by atoms with E-state index in [1.54, 1.807) is 19.2 Å². The average molecular weight is 252 g/mol. The monoisotopic (exact) mass is 252 g/mol. The van der Waals surface area contributed by atoms with Crippen molar-refractivity contribution in [3.63, 3.8) is 0 Å². The molecule has 1 rings (SSSR count). The van der Waals surface area contributed by atoms with E-state index in [1.807, 2.05) is 6.92 Å². The maximum Gasteiger partial charge on any atom is 0.272 e. The molecule has 5 nitrogen and oxygen atoms in total. The summed E-state index contributed by atoms with van der Waals surface area (Å²) in [7, 11) is 1.56. The number of hydrogen-bond donors (Lipinski definition) is 1. The molecule has 18 heavy (non-hydrogen) atoms. The van der Waals surface area contributed by atoms with Crippen LogP contribution in [0.3, 0.4) is 0 Å². The summed E-state index contributed by atoms with van der Waals surface area (Å²) in [5, 5.41) is 14.3. The number of hydrogen-bond acceptors (Lipinski definition) is 4. The third kappa shape index (κ3) is 3.70. The van der Waals surface area contributed by atoms with Crippen molar-refractivity contribution in [2.75, 3.05) is 13.7 Å². The zero-order valence-corrected chi connectivity index (χ0v) is 11.1. The van der Waals surface area contributed by atoms with Gasteiger partial charge in [0, 0.05) is 17.7 Å². The normalized spacial score (nSPS) is 12.2. The van der Waals surface area contributed by atoms with E-state index < -0.39 is 0 Å². The Balaban J connectivity index is 2.99. The highest BCUT2D eigenvalue weighted by molar-refractivity contribution is 5.45. The van der Waals surface area contributed by atoms with Crippen molar-refractivity contribution in [2.45, 2.75) is 32.7 Å². The van der Waals surface area contributed by atoms with Crippen LogP contribution >= 0.6 is 0 Å². The topological polar surface area (TPSA) is 64.4 Å². The first-order chi connectivity index (χ1) is 8.62. The van der Waals surface area contributed by atoms with Crippen LogP contribution in [0.25, 0.3) is 0 Å². The number of likely N-dealkylation sites (N-methyl/N-ethyl adjacent to an activating group) is 1. The van der Waals surface area contributed by atoms with Crippen LogP contribution in [0.1, 0.15) is 25.8 Å². The van der Waals surface area contributed by atoms with E-state index in [0.29, 0.717) is 17.7 Å². The summed E-state index contributed by atoms with van der Waals surface area (Å²) >= 11 is 0. The zero-order chi connectivity index (χ0) is 13.5. The number of nitrogens with one attached hydrogen (secondary N) is 1. The summed E-state index contributed by atoms with van der Waals surface area (Å²) in [6.45, 7) is 4.96. The summed E-state index contributed by atoms with van der Waals surface area (Å²) < 4.78 is 5.12. The third-order valence-electron chi connectivity index (χ3n) is 2.94. The van der Waals surface area contributed by atoms with Gasteiger partial charge in [-0.3, -0.25) is 10.1 Å². The molecule has 1 aromatic rings. The van der Waals surface area contributed by atoms with E-state index in [2.05, 4.69) is 12.2 Å². The second-order valence-corrected chi connectivity index (χ2v) is 4.12. The molecule has 0 saturated carbocycles. The molecular weight excluding hydrogens is 232 g/mol. The van der Waals surface area contributed by atoms with Gasteiger partial charge in [-0.1, -0.05) is 13.8 Å². The van der Waals surface area contributed by atoms with E-state index >= 15 is 0 Å². The number of nitrogens with zero attached hydrogens (tertiary/aromatic N) is 1. The van der Waals surface area contributed by atoms with Gasteiger partial charge in [0.05, 0.1) is 12.0 Å². The van der Waals surface area contributed by atoms with E-state index in [4.69, 9.17) is 4.74 Å². The standard InChI is InChI=1S/C13H20N2O3/c1-4-11(14-5-2)8-10-9-12(18-3)6-7-13(10)15(16)17/h6-7,9,11,14H,4-5,8H2,1-3H3. The Morgan fingerprint density at radius 2 is 2.17 bits per heavy atom. The van der Waals surface area contributed by atoms with Gasteiger partial charge in [-0.05, 0) is 31.5 Å². The number of benzene rings is 1. The summed E-state index contributed by atoms with van der Waals surface area (Å²) in [6.07, 6.45) is 1.57. The maximum absolute atomic E-state index is 11.0. The first-order valence-corrected chi connectivity index (χ1v) is 6.17. The summed E-state index contributed by atoms with van der Waals surface area (Å²) in [4.78, 5) is 10.7. The molecule has 5 heteroatoms. The van der Waals surface area contributed by atoms with Crippen LogP contribution < -0.4 is 10.1 Å². The molecule has 0 spiro atoms. The van der Waals surface area contributed by atoms with Crippen LogP contribution in [0.15, 0.2) is 18.2 Å². The van der Waals surface area contributed by atoms with E-state index in [-0.39, 0.29) is 16.7 Å². The summed E-state index contributed by atoms with van der Waals surface area (Å²) in [5.41, 5.74) is 0.874. The lowest BCUT2D eigenvalue weighted by molar-refractivity contribution is -0.385. The zero-order valence-electron chi connectivity index (χ0n) is 11.1. The molecular formula is C13H20N2O3. The van der Waals surface area contributed by atoms with Gasteiger partial charge in [0.15, 0.2) is 0 Å². The van der Waals surface area contributed by atoms with E-state index in [1.165, 1.54) is 6.07 Å². The fourth-order valence-corrected chi connectivity index (χ4v) is 1.95. The predicted octanol–water partition coefficient (Wildman–Crippen LogP) is 2.53. The molecule has 0 bridgehead atoms. The Kier molecular flexibility index (Phi) is 5.58. The first kappa shape index (κ1) is 14.4. The number of rotatable bonds is 7. The third-order valence-corrected chi connectivity index (χ3v) is 2.94. The minimum atomic E-state index is -0.340. The fourth-order valence-electron chi connectivity index (χ4n) is 1.95. The van der Waals surface area contributed by atoms with Gasteiger partial charge < -0.3 is 10.1 Å². The van der Waals surface area contributed by atoms with Gasteiger partial charge in [0.25, 0.3) is 5.69 Å². The molecule has 1 atom stereocenters. The minimum absolute atomic E-state index is 0.159. The van der Waals surface area contributed by atoms with Crippen molar-refractivity contribution < 1.29 is 9.66 Å². The van der Waals surface area contributed by atoms with Gasteiger partial charge in [-0.25, -0.2) is 0 Å². The van der Waals surface area contributed by atoms with Gasteiger partial charge in [0.1, 0.15) is 5.75 Å². The molecule has 0 fully saturated rings. The molecule has 1 aromatic carbocycles. The Hall–Kier alpha value is -1.62. The van der Waals surface area contributed by atoms with Crippen molar-refractivity contribution >= 4 is 5.69 Å². The van der Waals surface area contributed by atoms with Crippen molar-refractivity contribution in [1.82, 2.24) is 5.32 Å². The molecule has 0 aliphatic rings. The molecule has 0 aliphatic carbocycles. The molecule has 0 aliphatic heterocycles. The smallest absolute Gasteiger partial charge is 0.272 e. The second kappa shape index (κ2) is 6.96. The second-order valence-electron chi connectivity index (χ2n) is 4.12. The molecule has 1 unspecified atom stereocenters. The van der Waals surface area contributed by atoms with E-state index in [0.717, 1.165) is 13.0 Å². The Labute approximate surface area is 107 Å². The lowest BCUT2D eigenvalue weighted by Crippen LogP contribution is -2.30. The van der Waals surface area contributed by atoms with Gasteiger partial charge in [-0.15, -0.1) is 0 Å². The molecule has 1 N–H and O–H groups in total. The first-order valence-electron chi connectivity index (χ1n) is 6.17. The van der Waals surface area contributed by atoms with Gasteiger partial charge >= 0.3 is 0 Å². The largest absolute Gasteiger partial charge is 0.497 e. The Morgan fingerprint density at radius 1 is 1.44 bits per heavy atom. The molecule has 0 heterocycles. The Bertz CT molecular complexity index is 407. The quantitative estimate of drug-likeness (QED) is 0.598. The van der Waals surface area contributed by atoms with Gasteiger partial charge in [-0.2, -0.15) is 0 Å². The summed E-state index contributed by atoms with van der Waals surface area (Å²) in [5.74, 6) is 0.655. The number of nitro benzene ring substituents is 1. The number of nitro groups is 1. The van der Waals surface area contributed by atoms with Crippen LogP contribution in [0, 0.1) is 10.1 Å². The molecule has 0 aromatic heterocycles. The molecule has 100 valence electrons. The highest BCUT2D eigenvalue weighted by Crippen LogP contribution is 2.25. The molecule has 0 radical (unpaired) electrons. The van der Waals surface area contributed by atoms with Crippen LogP contribution in [0.4, 0.5) is 5.69 Å². The highest BCUT2D eigenvalue weighted by atomic mass is 16.6. The summed E-state index contributed by atoms with van der Waals surface area (Å²) in [6, 6.07) is 5.13. The van der Waals surface area contributed by atoms with Crippen LogP contribution in [-0.4, -0.2) is 24.6 Å². The lowest BCUT2D eigenvalue weighted by atomic mass is 10.0. The minimum Gasteiger partial charge on any atom is -0.497 e. The Morgan fingerprint density at radius 3 is 2.67 bits per heavy atom. The SMILES string of the molecule is CCNC(CC)Cc1cc(OC)ccc1[N+](=O)[O-]. The molecule has 0 amide bonds. The molecule has 0 saturated heterocycles. The van der Waals surface area contributed by atoms with Crippen molar-refractivity contribution in [3.8, 4) is 5.75 Å². The number of methoxy groups -OCH3 is 1. The highest BCUT2D eigenvalue weighted by Gasteiger charge is 2.17. The van der Waals surface area contributed by atoms with Crippen LogP contribution in [0.5, 0.6) is 5.75 Å². The van der Waals surface area contributed by atoms with Crippen molar-refractivity contribution in [3.05, 3.63) is 33.9 Å². The van der Waals surface area contributed by atoms with Crippen molar-refractivity contribution in [1.29, 1.82) is 0 Å². The van der Waals surface area contributed by atoms with Gasteiger partial charge in [0.2, 0.25) is 0 Å². The van der Waals surface area contributed by atoms with Crippen molar-refractivity contribution in [2.24, 2.45) is 0 Å². The average Bonchev–Trinajstić information content (AvgIpc) is 2.37. The predicted molar refractivity (Wildman–Crippen MR) is 71.1 cm³/mol. The van der Waals surface area contributed by atoms with Crippen LogP contribution in [0.2, 0.25) is 0 Å². The van der Waals surface area contributed by atoms with E-state index in [9.17, 15) is 10.1 Å². The fraction of sp³-hybridized carbons (Fsp3) is 0.538. The number of ether oxygens (including phenoxy) is 1. The maximum atomic E-state index is 11.0. The van der Waals surface area contributed by atoms with Crippen LogP contribution in [-0.2, 0) is 6.42 Å². The lowest BCUT2D eigenvalue weighted by Gasteiger charge is -2.16.